The third-order valence-corrected chi connectivity index (χ3v) is 4.08. The third-order valence-electron chi connectivity index (χ3n) is 1.24. The van der Waals surface area contributed by atoms with Crippen LogP contribution in [-0.2, 0) is 0 Å². The van der Waals surface area contributed by atoms with Gasteiger partial charge in [-0.3, -0.25) is 12.9 Å². The minimum Gasteiger partial charge on any atom is -0.296 e. The lowest BCUT2D eigenvalue weighted by Gasteiger charge is -2.00. The van der Waals surface area contributed by atoms with Crippen molar-refractivity contribution in [3.8, 4) is 0 Å². The largest absolute Gasteiger partial charge is 0.516 e. The Hall–Kier alpha value is 0.616. The highest BCUT2D eigenvalue weighted by molar-refractivity contribution is 9.23. The first kappa shape index (κ1) is 9.70. The van der Waals surface area contributed by atoms with Crippen LogP contribution in [0.4, 0.5) is 8.78 Å². The molecule has 1 rings (SSSR count). The van der Waals surface area contributed by atoms with E-state index >= 15 is 0 Å². The molecule has 0 N–H and O–H groups in total. The van der Waals surface area contributed by atoms with Gasteiger partial charge in [0, 0.05) is 5.02 Å². The average Bonchev–Trinajstić information content (AvgIpc) is 1.85. The van der Waals surface area contributed by atoms with Gasteiger partial charge in [-0.2, -0.15) is 0 Å². The van der Waals surface area contributed by atoms with Gasteiger partial charge in [0.2, 0.25) is 0 Å². The predicted molar refractivity (Wildman–Crippen MR) is 45.7 cm³/mol. The minimum atomic E-state index is -0.979. The van der Waals surface area contributed by atoms with E-state index in [4.69, 9.17) is 11.6 Å². The van der Waals surface area contributed by atoms with Crippen molar-refractivity contribution in [2.45, 2.75) is 0 Å². The summed E-state index contributed by atoms with van der Waals surface area (Å²) in [4.78, 5) is 0. The van der Waals surface area contributed by atoms with Crippen molar-refractivity contribution in [2.24, 2.45) is 0 Å². The second-order valence-corrected chi connectivity index (χ2v) is 5.07. The molecule has 11 heavy (non-hydrogen) atoms. The van der Waals surface area contributed by atoms with Crippen molar-refractivity contribution < 1.29 is 8.78 Å². The van der Waals surface area contributed by atoms with E-state index in [0.717, 1.165) is 12.1 Å². The molecule has 1 aromatic rings. The highest BCUT2D eigenvalue weighted by Crippen LogP contribution is 2.11. The molecule has 56 valence electrons. The summed E-state index contributed by atoms with van der Waals surface area (Å²) in [6.45, 7) is 0. The maximum atomic E-state index is 12.8. The lowest BCUT2D eigenvalue weighted by molar-refractivity contribution is 0.598. The molecule has 0 spiro atoms. The second kappa shape index (κ2) is 4.03. The number of halogens is 4. The molecule has 0 aromatic heterocycles. The molecule has 0 radical (unpaired) electrons. The zero-order chi connectivity index (χ0) is 8.43. The summed E-state index contributed by atoms with van der Waals surface area (Å²) in [5.74, 6) is -1.11. The Morgan fingerprint density at radius 2 is 1.73 bits per heavy atom. The maximum absolute atomic E-state index is 12.8. The van der Waals surface area contributed by atoms with Gasteiger partial charge in [0.25, 0.3) is 0 Å². The lowest BCUT2D eigenvalue weighted by atomic mass is 10.3. The molecule has 0 saturated heterocycles. The summed E-state index contributed by atoms with van der Waals surface area (Å²) in [5.41, 5.74) is 0. The van der Waals surface area contributed by atoms with E-state index in [2.05, 4.69) is 12.9 Å². The van der Waals surface area contributed by atoms with Crippen molar-refractivity contribution in [3.63, 3.8) is 0 Å². The van der Waals surface area contributed by atoms with Gasteiger partial charge in [-0.1, -0.05) is 15.3 Å². The van der Waals surface area contributed by atoms with Crippen LogP contribution in [0.5, 0.6) is 0 Å². The van der Waals surface area contributed by atoms with Crippen LogP contribution in [0.3, 0.4) is 0 Å². The molecule has 0 nitrogen and oxygen atoms in total. The van der Waals surface area contributed by atoms with E-state index in [1.54, 1.807) is 0 Å². The van der Waals surface area contributed by atoms with Crippen molar-refractivity contribution in [2.75, 3.05) is 0 Å². The smallest absolute Gasteiger partial charge is 0.296 e. The Morgan fingerprint density at radius 3 is 2.09 bits per heavy atom. The van der Waals surface area contributed by atoms with Crippen molar-refractivity contribution in [1.29, 1.82) is 0 Å². The monoisotopic (exact) mass is 250 g/mol. The summed E-state index contributed by atoms with van der Waals surface area (Å²) in [5, 5.41) is 0.0960. The maximum Gasteiger partial charge on any atom is 0.516 e. The lowest BCUT2D eigenvalue weighted by Crippen LogP contribution is -2.18. The zero-order valence-corrected chi connectivity index (χ0v) is 9.13. The molecular weight excluding hydrogens is 250 g/mol. The standard InChI is InChI=1S/C6H2ClF2.BrH.Mg/c7-4-1-5(8)3-6(9)2-4;;/h1-2H;1H;/q;;+1/p-1. The van der Waals surface area contributed by atoms with Gasteiger partial charge < -0.3 is 0 Å². The number of hydrogen-bond donors (Lipinski definition) is 0. The van der Waals surface area contributed by atoms with Crippen molar-refractivity contribution in [3.05, 3.63) is 28.8 Å². The van der Waals surface area contributed by atoms with Crippen LogP contribution in [0.15, 0.2) is 12.1 Å². The molecule has 0 heterocycles. The van der Waals surface area contributed by atoms with Crippen LogP contribution in [-0.4, -0.2) is 18.2 Å². The molecule has 0 amide bonds. The Balaban J connectivity index is 3.25. The second-order valence-electron chi connectivity index (χ2n) is 1.98. The van der Waals surface area contributed by atoms with Crippen LogP contribution in [0.1, 0.15) is 0 Å². The summed E-state index contributed by atoms with van der Waals surface area (Å²) in [6, 6.07) is 2.24. The van der Waals surface area contributed by atoms with Gasteiger partial charge in [0.15, 0.2) is 0 Å². The number of benzene rings is 1. The van der Waals surface area contributed by atoms with E-state index < -0.39 is 29.8 Å². The molecule has 0 unspecified atom stereocenters. The SMILES string of the molecule is Fc1cc(Cl)cc(F)[c]1[Mg][Br]. The third kappa shape index (κ3) is 2.27. The highest BCUT2D eigenvalue weighted by atomic mass is 79.9. The molecular formula is C6H2BrClF2Mg. The van der Waals surface area contributed by atoms with Crippen molar-refractivity contribution in [1.82, 2.24) is 0 Å². The Morgan fingerprint density at radius 1 is 1.27 bits per heavy atom. The van der Waals surface area contributed by atoms with E-state index in [1.165, 1.54) is 0 Å². The van der Waals surface area contributed by atoms with Crippen LogP contribution in [0.2, 0.25) is 5.02 Å². The summed E-state index contributed by atoms with van der Waals surface area (Å²) in [6.07, 6.45) is 0. The Labute approximate surface area is 83.5 Å². The first-order valence-corrected chi connectivity index (χ1v) is 7.83. The zero-order valence-electron chi connectivity index (χ0n) is 5.37. The fourth-order valence-corrected chi connectivity index (χ4v) is 2.96. The summed E-state index contributed by atoms with van der Waals surface area (Å²) < 4.78 is 25.7. The summed E-state index contributed by atoms with van der Waals surface area (Å²) in [7, 11) is 0. The Kier molecular flexibility index (Phi) is 3.55. The molecule has 0 aliphatic rings. The van der Waals surface area contributed by atoms with Gasteiger partial charge in [0.05, 0.1) is 0 Å². The normalized spacial score (nSPS) is 9.45. The summed E-state index contributed by atoms with van der Waals surface area (Å²) >= 11 is 7.52. The molecule has 0 aliphatic carbocycles. The van der Waals surface area contributed by atoms with Gasteiger partial charge >= 0.3 is 18.2 Å². The van der Waals surface area contributed by atoms with Crippen LogP contribution < -0.4 is 3.69 Å². The molecule has 0 bridgehead atoms. The molecule has 0 aliphatic heterocycles. The van der Waals surface area contributed by atoms with Crippen LogP contribution >= 0.6 is 24.5 Å². The molecule has 1 aromatic carbocycles. The Bertz CT molecular complexity index is 256. The number of rotatable bonds is 1. The fraction of sp³-hybridized carbons (Fsp3) is 0. The van der Waals surface area contributed by atoms with E-state index in [1.807, 2.05) is 0 Å². The van der Waals surface area contributed by atoms with E-state index in [9.17, 15) is 8.78 Å². The van der Waals surface area contributed by atoms with Gasteiger partial charge in [-0.25, -0.2) is 8.78 Å². The quantitative estimate of drug-likeness (QED) is 0.672. The van der Waals surface area contributed by atoms with E-state index in [0.29, 0.717) is 0 Å². The van der Waals surface area contributed by atoms with Gasteiger partial charge in [-0.05, 0) is 12.1 Å². The molecule has 5 heteroatoms. The predicted octanol–water partition coefficient (Wildman–Crippen LogP) is 2.26. The topological polar surface area (TPSA) is 0 Å². The van der Waals surface area contributed by atoms with Crippen molar-refractivity contribution >= 4 is 46.4 Å². The van der Waals surface area contributed by atoms with E-state index in [-0.39, 0.29) is 8.72 Å². The molecule has 0 fully saturated rings. The first-order chi connectivity index (χ1) is 5.15. The van der Waals surface area contributed by atoms with Gasteiger partial charge in [0.1, 0.15) is 11.6 Å². The van der Waals surface area contributed by atoms with Crippen LogP contribution in [0, 0.1) is 11.6 Å². The molecule has 0 saturated carbocycles. The first-order valence-electron chi connectivity index (χ1n) is 2.84. The van der Waals surface area contributed by atoms with Crippen LogP contribution in [0.25, 0.3) is 0 Å². The van der Waals surface area contributed by atoms with Gasteiger partial charge in [-0.15, -0.1) is 0 Å². The minimum absolute atomic E-state index is 0.0960. The highest BCUT2D eigenvalue weighted by Gasteiger charge is 2.10. The molecule has 0 atom stereocenters. The fourth-order valence-electron chi connectivity index (χ4n) is 0.700. The number of hydrogen-bond acceptors (Lipinski definition) is 0. The average molecular weight is 252 g/mol.